The molecule has 0 amide bonds. The molecule has 0 bridgehead atoms. The van der Waals surface area contributed by atoms with Crippen LogP contribution >= 0.6 is 0 Å². The number of nitriles is 2. The summed E-state index contributed by atoms with van der Waals surface area (Å²) in [5.74, 6) is -0.845. The smallest absolute Gasteiger partial charge is 0.155 e. The third kappa shape index (κ3) is 2.08. The predicted molar refractivity (Wildman–Crippen MR) is 83.6 cm³/mol. The molecular weight excluding hydrogens is 288 g/mol. The van der Waals surface area contributed by atoms with Crippen LogP contribution in [0.3, 0.4) is 0 Å². The van der Waals surface area contributed by atoms with Crippen LogP contribution in [-0.2, 0) is 9.59 Å². The van der Waals surface area contributed by atoms with Crippen molar-refractivity contribution in [1.82, 2.24) is 0 Å². The number of allylic oxidation sites excluding steroid dienone is 2. The monoisotopic (exact) mass is 310 g/mol. The molecule has 4 nitrogen and oxygen atoms in total. The Morgan fingerprint density at radius 3 is 2.35 bits per heavy atom. The van der Waals surface area contributed by atoms with Gasteiger partial charge in [0.1, 0.15) is 11.8 Å². The van der Waals surface area contributed by atoms with Gasteiger partial charge in [0.25, 0.3) is 0 Å². The Hall–Kier alpha value is -1.94. The summed E-state index contributed by atoms with van der Waals surface area (Å²) >= 11 is 0. The molecule has 0 N–H and O–H groups in total. The minimum atomic E-state index is -0.589. The van der Waals surface area contributed by atoms with Crippen LogP contribution in [0.25, 0.3) is 0 Å². The molecule has 0 spiro atoms. The van der Waals surface area contributed by atoms with Crippen molar-refractivity contribution in [2.24, 2.45) is 34.5 Å². The van der Waals surface area contributed by atoms with Crippen LogP contribution < -0.4 is 0 Å². The Kier molecular flexibility index (Phi) is 3.49. The first-order chi connectivity index (χ1) is 10.8. The summed E-state index contributed by atoms with van der Waals surface area (Å²) in [5.41, 5.74) is 0.416. The zero-order valence-corrected chi connectivity index (χ0v) is 13.9. The molecule has 2 saturated carbocycles. The number of carbonyl (C=O) groups is 2. The van der Waals surface area contributed by atoms with Gasteiger partial charge in [0.2, 0.25) is 0 Å². The minimum absolute atomic E-state index is 0.0136. The van der Waals surface area contributed by atoms with E-state index >= 15 is 0 Å². The highest BCUT2D eigenvalue weighted by atomic mass is 16.1. The maximum Gasteiger partial charge on any atom is 0.155 e. The van der Waals surface area contributed by atoms with Gasteiger partial charge < -0.3 is 0 Å². The van der Waals surface area contributed by atoms with Crippen molar-refractivity contribution in [2.75, 3.05) is 0 Å². The lowest BCUT2D eigenvalue weighted by Crippen LogP contribution is -2.56. The van der Waals surface area contributed by atoms with Crippen molar-refractivity contribution >= 4 is 11.6 Å². The van der Waals surface area contributed by atoms with Crippen molar-refractivity contribution in [3.63, 3.8) is 0 Å². The number of rotatable bonds is 0. The van der Waals surface area contributed by atoms with Gasteiger partial charge >= 0.3 is 0 Å². The fraction of sp³-hybridized carbons (Fsp3) is 0.684. The summed E-state index contributed by atoms with van der Waals surface area (Å²) in [6.45, 7) is 6.04. The molecule has 0 saturated heterocycles. The molecule has 4 heteroatoms. The van der Waals surface area contributed by atoms with Gasteiger partial charge in [-0.15, -0.1) is 0 Å². The topological polar surface area (TPSA) is 81.7 Å². The number of carbonyl (C=O) groups excluding carboxylic acids is 2. The molecule has 3 aliphatic carbocycles. The quantitative estimate of drug-likeness (QED) is 0.643. The lowest BCUT2D eigenvalue weighted by atomic mass is 9.44. The first-order valence-electron chi connectivity index (χ1n) is 8.31. The first-order valence-corrected chi connectivity index (χ1v) is 8.31. The second-order valence-electron chi connectivity index (χ2n) is 8.15. The largest absolute Gasteiger partial charge is 0.298 e. The number of hydrogen-bond donors (Lipinski definition) is 0. The van der Waals surface area contributed by atoms with Gasteiger partial charge in [-0.3, -0.25) is 9.59 Å². The van der Waals surface area contributed by atoms with Gasteiger partial charge in [-0.25, -0.2) is 0 Å². The van der Waals surface area contributed by atoms with Crippen molar-refractivity contribution in [3.05, 3.63) is 11.6 Å². The minimum Gasteiger partial charge on any atom is -0.298 e. The van der Waals surface area contributed by atoms with Gasteiger partial charge in [-0.2, -0.15) is 10.5 Å². The second-order valence-corrected chi connectivity index (χ2v) is 8.15. The van der Waals surface area contributed by atoms with Crippen LogP contribution in [0.15, 0.2) is 11.6 Å². The second kappa shape index (κ2) is 5.03. The fourth-order valence-electron chi connectivity index (χ4n) is 5.41. The van der Waals surface area contributed by atoms with E-state index in [1.807, 2.05) is 13.8 Å². The molecule has 23 heavy (non-hydrogen) atoms. The maximum absolute atomic E-state index is 12.6. The van der Waals surface area contributed by atoms with Crippen LogP contribution in [0, 0.1) is 57.2 Å². The summed E-state index contributed by atoms with van der Waals surface area (Å²) < 4.78 is 0. The number of ketones is 2. The molecule has 0 radical (unpaired) electrons. The lowest BCUT2D eigenvalue weighted by Gasteiger charge is -2.58. The van der Waals surface area contributed by atoms with Crippen LogP contribution in [0.2, 0.25) is 0 Å². The van der Waals surface area contributed by atoms with E-state index in [2.05, 4.69) is 25.1 Å². The Bertz CT molecular complexity index is 691. The fourth-order valence-corrected chi connectivity index (χ4v) is 5.41. The third-order valence-corrected chi connectivity index (χ3v) is 6.67. The van der Waals surface area contributed by atoms with E-state index in [0.717, 1.165) is 6.42 Å². The van der Waals surface area contributed by atoms with E-state index in [4.69, 9.17) is 5.26 Å². The Labute approximate surface area is 137 Å². The van der Waals surface area contributed by atoms with Crippen molar-refractivity contribution in [1.29, 1.82) is 10.5 Å². The molecule has 2 fully saturated rings. The SMILES string of the molecule is CC1(C)C(=O)C(C#N)CC2(C)C3CC(=O)C(C#N)CC3=CCC12. The number of nitrogens with zero attached hydrogens (tertiary/aromatic N) is 2. The number of fused-ring (bicyclic) bond motifs is 3. The summed E-state index contributed by atoms with van der Waals surface area (Å²) in [5, 5.41) is 18.6. The molecule has 0 aromatic heterocycles. The molecule has 3 rings (SSSR count). The molecule has 3 aliphatic rings. The van der Waals surface area contributed by atoms with Crippen LogP contribution in [0.1, 0.15) is 46.5 Å². The number of hydrogen-bond acceptors (Lipinski definition) is 4. The Morgan fingerprint density at radius 2 is 1.74 bits per heavy atom. The third-order valence-electron chi connectivity index (χ3n) is 6.67. The summed E-state index contributed by atoms with van der Waals surface area (Å²) in [6.07, 6.45) is 4.39. The zero-order valence-electron chi connectivity index (χ0n) is 13.9. The molecule has 0 aromatic carbocycles. The molecule has 5 unspecified atom stereocenters. The lowest BCUT2D eigenvalue weighted by molar-refractivity contribution is -0.149. The Balaban J connectivity index is 2.05. The summed E-state index contributed by atoms with van der Waals surface area (Å²) in [7, 11) is 0. The molecule has 5 atom stereocenters. The van der Waals surface area contributed by atoms with Crippen molar-refractivity contribution < 1.29 is 9.59 Å². The van der Waals surface area contributed by atoms with Gasteiger partial charge in [0.15, 0.2) is 11.6 Å². The van der Waals surface area contributed by atoms with E-state index in [1.54, 1.807) is 0 Å². The highest BCUT2D eigenvalue weighted by Gasteiger charge is 2.60. The molecule has 0 heterocycles. The molecular formula is C19H22N2O2. The zero-order chi connectivity index (χ0) is 17.0. The van der Waals surface area contributed by atoms with Crippen molar-refractivity contribution in [2.45, 2.75) is 46.5 Å². The van der Waals surface area contributed by atoms with Crippen LogP contribution in [-0.4, -0.2) is 11.6 Å². The van der Waals surface area contributed by atoms with Gasteiger partial charge in [-0.1, -0.05) is 32.4 Å². The van der Waals surface area contributed by atoms with Crippen molar-refractivity contribution in [3.8, 4) is 12.1 Å². The van der Waals surface area contributed by atoms with E-state index in [1.165, 1.54) is 5.57 Å². The van der Waals surface area contributed by atoms with Crippen LogP contribution in [0.4, 0.5) is 0 Å². The highest BCUT2D eigenvalue weighted by molar-refractivity contribution is 5.90. The standard InChI is InChI=1S/C19H22N2O2/c1-18(2)16-5-4-11-6-12(9-20)15(22)7-14(11)19(16,3)8-13(10-21)17(18)23/h4,12-14,16H,5-8H2,1-3H3. The normalized spacial score (nSPS) is 41.9. The van der Waals surface area contributed by atoms with E-state index in [-0.39, 0.29) is 28.8 Å². The van der Waals surface area contributed by atoms with E-state index < -0.39 is 17.3 Å². The average Bonchev–Trinajstić information content (AvgIpc) is 2.51. The van der Waals surface area contributed by atoms with E-state index in [0.29, 0.717) is 19.3 Å². The molecule has 0 aromatic rings. The van der Waals surface area contributed by atoms with Gasteiger partial charge in [0, 0.05) is 11.8 Å². The number of Topliss-reactive ketones (excluding diaryl/α,β-unsaturated/α-hetero) is 2. The van der Waals surface area contributed by atoms with Gasteiger partial charge in [0.05, 0.1) is 12.1 Å². The molecule has 120 valence electrons. The Morgan fingerprint density at radius 1 is 1.09 bits per heavy atom. The van der Waals surface area contributed by atoms with Gasteiger partial charge in [-0.05, 0) is 36.5 Å². The van der Waals surface area contributed by atoms with E-state index in [9.17, 15) is 14.9 Å². The maximum atomic E-state index is 12.6. The average molecular weight is 310 g/mol. The first kappa shape index (κ1) is 15.9. The summed E-state index contributed by atoms with van der Waals surface area (Å²) in [6, 6.07) is 4.31. The van der Waals surface area contributed by atoms with Crippen LogP contribution in [0.5, 0.6) is 0 Å². The molecule has 0 aliphatic heterocycles. The summed E-state index contributed by atoms with van der Waals surface area (Å²) in [4.78, 5) is 24.9. The highest BCUT2D eigenvalue weighted by Crippen LogP contribution is 2.62. The predicted octanol–water partition coefficient (Wildman–Crippen LogP) is 3.20.